The third-order valence-electron chi connectivity index (χ3n) is 8.10. The summed E-state index contributed by atoms with van der Waals surface area (Å²) in [6, 6.07) is 6.50. The Hall–Kier alpha value is -3.77. The molecule has 40 heavy (non-hydrogen) atoms. The van der Waals surface area contributed by atoms with Crippen LogP contribution in [0.2, 0.25) is 0 Å². The van der Waals surface area contributed by atoms with Crippen molar-refractivity contribution >= 4 is 34.9 Å². The predicted octanol–water partition coefficient (Wildman–Crippen LogP) is 6.02. The van der Waals surface area contributed by atoms with E-state index in [0.717, 1.165) is 66.1 Å². The lowest BCUT2D eigenvalue weighted by Crippen LogP contribution is -2.60. The van der Waals surface area contributed by atoms with Gasteiger partial charge in [-0.05, 0) is 82.7 Å². The summed E-state index contributed by atoms with van der Waals surface area (Å²) in [7, 11) is 0. The van der Waals surface area contributed by atoms with Gasteiger partial charge in [0.2, 0.25) is 0 Å². The molecule has 1 aliphatic carbocycles. The molecule has 0 atom stereocenters. The number of anilines is 1. The molecule has 1 amide bonds. The lowest BCUT2D eigenvalue weighted by Gasteiger charge is -2.47. The maximum Gasteiger partial charge on any atom is 0.410 e. The van der Waals surface area contributed by atoms with Crippen molar-refractivity contribution in [3.05, 3.63) is 56.8 Å². The van der Waals surface area contributed by atoms with Gasteiger partial charge in [-0.2, -0.15) is 5.26 Å². The van der Waals surface area contributed by atoms with Crippen LogP contribution in [-0.2, 0) is 11.2 Å². The second kappa shape index (κ2) is 9.70. The second-order valence-corrected chi connectivity index (χ2v) is 13.1. The summed E-state index contributed by atoms with van der Waals surface area (Å²) in [5, 5.41) is 10.5. The molecule has 3 aliphatic rings. The maximum absolute atomic E-state index is 12.6. The number of hydrogen-bond donors (Lipinski definition) is 0. The summed E-state index contributed by atoms with van der Waals surface area (Å²) in [6.07, 6.45) is 6.32. The van der Waals surface area contributed by atoms with Gasteiger partial charge in [-0.15, -0.1) is 11.3 Å². The minimum Gasteiger partial charge on any atom is -0.444 e. The van der Waals surface area contributed by atoms with Crippen molar-refractivity contribution in [3.63, 3.8) is 0 Å². The lowest BCUT2D eigenvalue weighted by atomic mass is 9.79. The molecule has 9 heteroatoms. The van der Waals surface area contributed by atoms with Crippen LogP contribution >= 0.6 is 11.3 Å². The van der Waals surface area contributed by atoms with E-state index in [1.165, 1.54) is 10.5 Å². The van der Waals surface area contributed by atoms with E-state index in [9.17, 15) is 10.1 Å². The standard InChI is InChI=1S/C31H34N6O2S/c1-19-7-6-11-33-26(19)25-22-9-8-21(27-20(2)34-18-40-27)13-24(22)35-28(23(25)14-32)36-12-10-31(15-36)16-37(17-31)29(38)39-30(3,4)5/h6-7,11,13,18H,8-10,12,15-17H2,1-5H3. The van der Waals surface area contributed by atoms with Crippen LogP contribution in [-0.4, -0.2) is 57.7 Å². The van der Waals surface area contributed by atoms with Crippen LogP contribution in [0.1, 0.15) is 66.6 Å². The van der Waals surface area contributed by atoms with E-state index in [4.69, 9.17) is 14.7 Å². The van der Waals surface area contributed by atoms with Crippen molar-refractivity contribution in [1.82, 2.24) is 19.9 Å². The Balaban J connectivity index is 1.39. The number of aryl methyl sites for hydroxylation is 2. The van der Waals surface area contributed by atoms with E-state index >= 15 is 0 Å². The smallest absolute Gasteiger partial charge is 0.410 e. The quantitative estimate of drug-likeness (QED) is 0.390. The van der Waals surface area contributed by atoms with Crippen LogP contribution < -0.4 is 4.90 Å². The zero-order valence-electron chi connectivity index (χ0n) is 23.7. The van der Waals surface area contributed by atoms with Crippen LogP contribution in [0.15, 0.2) is 23.8 Å². The SMILES string of the molecule is Cc1cccnc1-c1c(C#N)c(N2CCC3(CN(C(=O)OC(C)(C)C)C3)C2)nc2c1CCC(c1scnc1C)=C2. The molecular formula is C31H34N6O2S. The molecule has 8 nitrogen and oxygen atoms in total. The molecule has 206 valence electrons. The molecule has 0 aromatic carbocycles. The van der Waals surface area contributed by atoms with Gasteiger partial charge in [0.1, 0.15) is 23.1 Å². The number of allylic oxidation sites excluding steroid dienone is 1. The van der Waals surface area contributed by atoms with Gasteiger partial charge in [0.15, 0.2) is 0 Å². The van der Waals surface area contributed by atoms with E-state index in [1.807, 2.05) is 52.3 Å². The van der Waals surface area contributed by atoms with Gasteiger partial charge < -0.3 is 14.5 Å². The highest BCUT2D eigenvalue weighted by molar-refractivity contribution is 7.11. The van der Waals surface area contributed by atoms with Gasteiger partial charge in [0.05, 0.1) is 27.5 Å². The normalized spacial score (nSPS) is 17.8. The number of nitriles is 1. The van der Waals surface area contributed by atoms with Crippen LogP contribution in [0, 0.1) is 30.6 Å². The first kappa shape index (κ1) is 26.5. The molecule has 0 saturated carbocycles. The van der Waals surface area contributed by atoms with E-state index in [0.29, 0.717) is 24.5 Å². The van der Waals surface area contributed by atoms with Gasteiger partial charge in [-0.1, -0.05) is 6.07 Å². The molecular weight excluding hydrogens is 520 g/mol. The number of aromatic nitrogens is 3. The number of ether oxygens (including phenoxy) is 1. The third-order valence-corrected chi connectivity index (χ3v) is 9.11. The van der Waals surface area contributed by atoms with Crippen LogP contribution in [0.4, 0.5) is 10.6 Å². The molecule has 0 radical (unpaired) electrons. The fourth-order valence-corrected chi connectivity index (χ4v) is 7.08. The van der Waals surface area contributed by atoms with Gasteiger partial charge in [0.25, 0.3) is 0 Å². The first-order valence-electron chi connectivity index (χ1n) is 13.8. The van der Waals surface area contributed by atoms with Crippen molar-refractivity contribution in [2.24, 2.45) is 5.41 Å². The molecule has 5 heterocycles. The van der Waals surface area contributed by atoms with Gasteiger partial charge >= 0.3 is 6.09 Å². The minimum atomic E-state index is -0.514. The van der Waals surface area contributed by atoms with Crippen LogP contribution in [0.25, 0.3) is 22.9 Å². The molecule has 0 bridgehead atoms. The first-order valence-corrected chi connectivity index (χ1v) is 14.7. The van der Waals surface area contributed by atoms with Crippen molar-refractivity contribution in [3.8, 4) is 17.3 Å². The summed E-state index contributed by atoms with van der Waals surface area (Å²) >= 11 is 1.66. The maximum atomic E-state index is 12.6. The summed E-state index contributed by atoms with van der Waals surface area (Å²) < 4.78 is 5.58. The fraction of sp³-hybridized carbons (Fsp3) is 0.452. The highest BCUT2D eigenvalue weighted by Crippen LogP contribution is 2.45. The fourth-order valence-electron chi connectivity index (χ4n) is 6.22. The molecule has 2 aliphatic heterocycles. The monoisotopic (exact) mass is 554 g/mol. The van der Waals surface area contributed by atoms with Crippen LogP contribution in [0.5, 0.6) is 0 Å². The molecule has 0 unspecified atom stereocenters. The Kier molecular flexibility index (Phi) is 6.42. The van der Waals surface area contributed by atoms with E-state index in [-0.39, 0.29) is 11.5 Å². The molecule has 0 N–H and O–H groups in total. The number of pyridine rings is 2. The average molecular weight is 555 g/mol. The lowest BCUT2D eigenvalue weighted by molar-refractivity contribution is -0.0266. The number of carbonyl (C=O) groups excluding carboxylic acids is 1. The largest absolute Gasteiger partial charge is 0.444 e. The Bertz CT molecular complexity index is 1570. The summed E-state index contributed by atoms with van der Waals surface area (Å²) in [5.74, 6) is 0.715. The molecule has 6 rings (SSSR count). The first-order chi connectivity index (χ1) is 19.1. The molecule has 1 spiro atoms. The summed E-state index contributed by atoms with van der Waals surface area (Å²) in [6.45, 7) is 12.6. The second-order valence-electron chi connectivity index (χ2n) is 12.3. The molecule has 3 aromatic rings. The molecule has 3 aromatic heterocycles. The Morgan fingerprint density at radius 3 is 2.65 bits per heavy atom. The number of rotatable bonds is 3. The Morgan fingerprint density at radius 2 is 1.98 bits per heavy atom. The summed E-state index contributed by atoms with van der Waals surface area (Å²) in [5.41, 5.74) is 9.02. The highest BCUT2D eigenvalue weighted by atomic mass is 32.1. The topological polar surface area (TPSA) is 95.2 Å². The Labute approximate surface area is 239 Å². The highest BCUT2D eigenvalue weighted by Gasteiger charge is 2.51. The number of nitrogens with zero attached hydrogens (tertiary/aromatic N) is 6. The van der Waals surface area contributed by atoms with E-state index in [2.05, 4.69) is 22.0 Å². The third kappa shape index (κ3) is 4.64. The summed E-state index contributed by atoms with van der Waals surface area (Å²) in [4.78, 5) is 32.2. The number of thiazole rings is 1. The van der Waals surface area contributed by atoms with Gasteiger partial charge in [-0.3, -0.25) is 4.98 Å². The molecule has 2 fully saturated rings. The van der Waals surface area contributed by atoms with Crippen molar-refractivity contribution < 1.29 is 9.53 Å². The predicted molar refractivity (Wildman–Crippen MR) is 157 cm³/mol. The number of carbonyl (C=O) groups is 1. The van der Waals surface area contributed by atoms with Gasteiger partial charge in [-0.25, -0.2) is 14.8 Å². The van der Waals surface area contributed by atoms with Crippen molar-refractivity contribution in [1.29, 1.82) is 5.26 Å². The van der Waals surface area contributed by atoms with E-state index in [1.54, 1.807) is 22.4 Å². The number of amides is 1. The minimum absolute atomic E-state index is 0.0109. The zero-order chi connectivity index (χ0) is 28.2. The van der Waals surface area contributed by atoms with Crippen molar-refractivity contribution in [2.45, 2.75) is 59.5 Å². The average Bonchev–Trinajstić information content (AvgIpc) is 3.53. The number of fused-ring (bicyclic) bond motifs is 1. The zero-order valence-corrected chi connectivity index (χ0v) is 24.6. The van der Waals surface area contributed by atoms with Crippen molar-refractivity contribution in [2.75, 3.05) is 31.1 Å². The number of hydrogen-bond acceptors (Lipinski definition) is 8. The van der Waals surface area contributed by atoms with Crippen LogP contribution in [0.3, 0.4) is 0 Å². The molecule has 2 saturated heterocycles. The Morgan fingerprint density at radius 1 is 1.18 bits per heavy atom. The van der Waals surface area contributed by atoms with Gasteiger partial charge in [0, 0.05) is 43.4 Å². The van der Waals surface area contributed by atoms with E-state index < -0.39 is 5.60 Å². The number of likely N-dealkylation sites (tertiary alicyclic amines) is 1.